The molecule has 5 atom stereocenters. The number of anilines is 1. The van der Waals surface area contributed by atoms with Crippen molar-refractivity contribution in [2.45, 2.75) is 30.0 Å². The van der Waals surface area contributed by atoms with Crippen molar-refractivity contribution in [3.8, 4) is 5.75 Å². The minimum atomic E-state index is -1.34. The minimum Gasteiger partial charge on any atom is -0.494 e. The van der Waals surface area contributed by atoms with E-state index in [-0.39, 0.29) is 34.8 Å². The number of fused-ring (bicyclic) bond motifs is 3. The quantitative estimate of drug-likeness (QED) is 0.586. The number of likely N-dealkylation sites (tertiary alicyclic amines) is 1. The van der Waals surface area contributed by atoms with Gasteiger partial charge in [0, 0.05) is 23.4 Å². The molecule has 190 valence electrons. The zero-order valence-corrected chi connectivity index (χ0v) is 22.1. The number of hydrogen-bond donors (Lipinski definition) is 2. The van der Waals surface area contributed by atoms with Crippen molar-refractivity contribution in [2.24, 2.45) is 5.92 Å². The van der Waals surface area contributed by atoms with Crippen LogP contribution in [0.25, 0.3) is 0 Å². The van der Waals surface area contributed by atoms with Gasteiger partial charge in [0.2, 0.25) is 5.91 Å². The summed E-state index contributed by atoms with van der Waals surface area (Å²) in [6.45, 7) is 2.94. The molecule has 4 aliphatic rings. The fourth-order valence-electron chi connectivity index (χ4n) is 6.73. The Balaban J connectivity index is 1.54. The lowest BCUT2D eigenvalue weighted by atomic mass is 9.63. The summed E-state index contributed by atoms with van der Waals surface area (Å²) in [5.74, 6) is -0.358. The maximum atomic E-state index is 14.8. The number of rotatable bonds is 4. The maximum Gasteiger partial charge on any atom is 0.262 e. The van der Waals surface area contributed by atoms with Gasteiger partial charge in [0.05, 0.1) is 18.3 Å². The molecule has 7 nitrogen and oxygen atoms in total. The van der Waals surface area contributed by atoms with Gasteiger partial charge in [-0.25, -0.2) is 0 Å². The van der Waals surface area contributed by atoms with Crippen LogP contribution in [0.4, 0.5) is 5.69 Å². The fourth-order valence-corrected chi connectivity index (χ4v) is 7.21. The van der Waals surface area contributed by atoms with E-state index in [0.717, 1.165) is 5.56 Å². The number of hydrogen-bond acceptors (Lipinski definition) is 5. The minimum absolute atomic E-state index is 0.185. The monoisotopic (exact) mass is 534 g/mol. The van der Waals surface area contributed by atoms with Crippen molar-refractivity contribution >= 4 is 46.4 Å². The van der Waals surface area contributed by atoms with Crippen LogP contribution in [-0.2, 0) is 9.59 Å². The molecule has 9 heteroatoms. The van der Waals surface area contributed by atoms with E-state index in [1.807, 2.05) is 91.7 Å². The number of ether oxygens (including phenoxy) is 1. The van der Waals surface area contributed by atoms with Crippen LogP contribution in [0.3, 0.4) is 0 Å². The molecule has 2 N–H and O–H groups in total. The standard InChI is InChI=1S/C28H27ClN4O3S/c1-3-36-20-14-12-19(13-15-20)33-25(35)27(31-26(33)37)22(17-8-10-18(29)11-9-17)16-32(2)28(27)21-6-4-5-7-23(21)30-24(28)34/h4-15,21-23H,3,16H2,1-2H3,(H,30,34)(H,31,37)/t21-,22+,23?,27-,28-/m1/s1. The van der Waals surface area contributed by atoms with E-state index >= 15 is 0 Å². The normalized spacial score (nSPS) is 32.4. The summed E-state index contributed by atoms with van der Waals surface area (Å²) in [5.41, 5.74) is -1.01. The van der Waals surface area contributed by atoms with Gasteiger partial charge in [-0.1, -0.05) is 48.0 Å². The predicted octanol–water partition coefficient (Wildman–Crippen LogP) is 3.41. The van der Waals surface area contributed by atoms with E-state index in [2.05, 4.69) is 10.6 Å². The third-order valence-electron chi connectivity index (χ3n) is 8.17. The zero-order valence-electron chi connectivity index (χ0n) is 20.5. The lowest BCUT2D eigenvalue weighted by Crippen LogP contribution is -2.72. The van der Waals surface area contributed by atoms with Gasteiger partial charge in [0.25, 0.3) is 5.91 Å². The van der Waals surface area contributed by atoms with Gasteiger partial charge < -0.3 is 15.4 Å². The summed E-state index contributed by atoms with van der Waals surface area (Å²) in [4.78, 5) is 32.4. The Morgan fingerprint density at radius 1 is 1.08 bits per heavy atom. The average Bonchev–Trinajstić information content (AvgIpc) is 3.44. The number of amides is 2. The second-order valence-corrected chi connectivity index (χ2v) is 10.7. The van der Waals surface area contributed by atoms with Gasteiger partial charge >= 0.3 is 0 Å². The number of carbonyl (C=O) groups is 2. The molecule has 37 heavy (non-hydrogen) atoms. The van der Waals surface area contributed by atoms with Crippen LogP contribution in [0.1, 0.15) is 18.4 Å². The third-order valence-corrected chi connectivity index (χ3v) is 8.71. The van der Waals surface area contributed by atoms with Gasteiger partial charge in [-0.05, 0) is 68.2 Å². The SMILES string of the molecule is CCOc1ccc(N2C(=O)[C@]3(NC2=S)[C@H](c2ccc(Cl)cc2)CN(C)[C@]32C(=O)NC3C=CC=C[C@H]32)cc1. The highest BCUT2D eigenvalue weighted by molar-refractivity contribution is 7.80. The summed E-state index contributed by atoms with van der Waals surface area (Å²) >= 11 is 12.0. The highest BCUT2D eigenvalue weighted by atomic mass is 35.5. The molecule has 3 saturated heterocycles. The smallest absolute Gasteiger partial charge is 0.262 e. The number of thiocarbonyl (C=S) groups is 1. The summed E-state index contributed by atoms with van der Waals surface area (Å²) in [6.07, 6.45) is 7.89. The molecule has 2 aromatic rings. The largest absolute Gasteiger partial charge is 0.494 e. The zero-order chi connectivity index (χ0) is 25.9. The Morgan fingerprint density at radius 2 is 1.78 bits per heavy atom. The van der Waals surface area contributed by atoms with Crippen LogP contribution < -0.4 is 20.3 Å². The van der Waals surface area contributed by atoms with Crippen LogP contribution in [0.5, 0.6) is 5.75 Å². The Hall–Kier alpha value is -3.20. The topological polar surface area (TPSA) is 73.9 Å². The van der Waals surface area contributed by atoms with Gasteiger partial charge in [-0.3, -0.25) is 19.4 Å². The highest BCUT2D eigenvalue weighted by Crippen LogP contribution is 2.57. The van der Waals surface area contributed by atoms with Crippen LogP contribution in [0, 0.1) is 5.92 Å². The van der Waals surface area contributed by atoms with Crippen LogP contribution in [0.15, 0.2) is 72.8 Å². The number of carbonyl (C=O) groups excluding carboxylic acids is 2. The van der Waals surface area contributed by atoms with E-state index in [9.17, 15) is 9.59 Å². The Bertz CT molecular complexity index is 1340. The van der Waals surface area contributed by atoms with E-state index in [1.54, 1.807) is 0 Å². The van der Waals surface area contributed by atoms with E-state index in [1.165, 1.54) is 4.90 Å². The molecule has 1 unspecified atom stereocenters. The predicted molar refractivity (Wildman–Crippen MR) is 147 cm³/mol. The number of halogens is 1. The van der Waals surface area contributed by atoms with Crippen molar-refractivity contribution in [1.82, 2.24) is 15.5 Å². The molecule has 3 aliphatic heterocycles. The molecule has 0 saturated carbocycles. The summed E-state index contributed by atoms with van der Waals surface area (Å²) in [7, 11) is 1.92. The second kappa shape index (κ2) is 8.68. The highest BCUT2D eigenvalue weighted by Gasteiger charge is 2.79. The Kier molecular flexibility index (Phi) is 5.67. The molecule has 2 aromatic carbocycles. The number of nitrogens with one attached hydrogen (secondary N) is 2. The first-order chi connectivity index (χ1) is 17.8. The van der Waals surface area contributed by atoms with Gasteiger partial charge in [-0.15, -0.1) is 0 Å². The van der Waals surface area contributed by atoms with Crippen molar-refractivity contribution in [1.29, 1.82) is 0 Å². The van der Waals surface area contributed by atoms with Crippen LogP contribution in [-0.4, -0.2) is 59.1 Å². The summed E-state index contributed by atoms with van der Waals surface area (Å²) < 4.78 is 5.58. The molecule has 0 bridgehead atoms. The van der Waals surface area contributed by atoms with Gasteiger partial charge in [0.15, 0.2) is 10.7 Å². The second-order valence-electron chi connectivity index (χ2n) is 9.85. The molecule has 1 aliphatic carbocycles. The van der Waals surface area contributed by atoms with Crippen molar-refractivity contribution in [3.63, 3.8) is 0 Å². The van der Waals surface area contributed by atoms with E-state index in [0.29, 0.717) is 29.6 Å². The molecule has 0 aromatic heterocycles. The van der Waals surface area contributed by atoms with Crippen LogP contribution >= 0.6 is 23.8 Å². The fraction of sp³-hybridized carbons (Fsp3) is 0.321. The first kappa shape index (κ1) is 24.2. The van der Waals surface area contributed by atoms with Crippen molar-refractivity contribution < 1.29 is 14.3 Å². The Morgan fingerprint density at radius 3 is 2.49 bits per heavy atom. The molecule has 2 spiro atoms. The van der Waals surface area contributed by atoms with E-state index in [4.69, 9.17) is 28.6 Å². The molecule has 3 fully saturated rings. The summed E-state index contributed by atoms with van der Waals surface area (Å²) in [5, 5.41) is 7.47. The molecule has 2 amide bonds. The number of nitrogens with zero attached hydrogens (tertiary/aromatic N) is 2. The molecule has 6 rings (SSSR count). The average molecular weight is 535 g/mol. The van der Waals surface area contributed by atoms with Crippen LogP contribution in [0.2, 0.25) is 5.02 Å². The third kappa shape index (κ3) is 3.19. The summed E-state index contributed by atoms with van der Waals surface area (Å²) in [6, 6.07) is 14.6. The first-order valence-electron chi connectivity index (χ1n) is 12.4. The molecular weight excluding hydrogens is 508 g/mol. The van der Waals surface area contributed by atoms with Crippen molar-refractivity contribution in [2.75, 3.05) is 25.1 Å². The lowest BCUT2D eigenvalue weighted by molar-refractivity contribution is -0.139. The number of allylic oxidation sites excluding steroid dienone is 2. The van der Waals surface area contributed by atoms with Gasteiger partial charge in [-0.2, -0.15) is 0 Å². The van der Waals surface area contributed by atoms with Gasteiger partial charge in [0.1, 0.15) is 11.3 Å². The molecule has 0 radical (unpaired) electrons. The van der Waals surface area contributed by atoms with Crippen molar-refractivity contribution in [3.05, 3.63) is 83.4 Å². The number of likely N-dealkylation sites (N-methyl/N-ethyl adjacent to an activating group) is 1. The maximum absolute atomic E-state index is 14.8. The Labute approximate surface area is 226 Å². The number of benzene rings is 2. The molecular formula is C28H27ClN4O3S. The lowest BCUT2D eigenvalue weighted by Gasteiger charge is -2.45. The first-order valence-corrected chi connectivity index (χ1v) is 13.2. The van der Waals surface area contributed by atoms with E-state index < -0.39 is 11.1 Å². The molecule has 3 heterocycles.